The molecule has 3 heteroatoms. The second-order valence-corrected chi connectivity index (χ2v) is 5.66. The maximum Gasteiger partial charge on any atom is 0.0731 e. The van der Waals surface area contributed by atoms with Gasteiger partial charge in [-0.2, -0.15) is 0 Å². The topological polar surface area (TPSA) is 38.5 Å². The van der Waals surface area contributed by atoms with Crippen LogP contribution in [-0.4, -0.2) is 42.3 Å². The van der Waals surface area contributed by atoms with E-state index in [0.29, 0.717) is 24.2 Å². The van der Waals surface area contributed by atoms with Gasteiger partial charge in [0.2, 0.25) is 0 Å². The number of hydrogen-bond donors (Lipinski definition) is 1. The normalized spacial score (nSPS) is 45.6. The fourth-order valence-electron chi connectivity index (χ4n) is 3.92. The third kappa shape index (κ3) is 1.89. The number of rotatable bonds is 1. The molecule has 0 spiro atoms. The maximum atomic E-state index is 6.31. The third-order valence-electron chi connectivity index (χ3n) is 4.73. The molecule has 4 unspecified atom stereocenters. The van der Waals surface area contributed by atoms with Crippen molar-refractivity contribution in [3.05, 3.63) is 0 Å². The molecule has 2 saturated carbocycles. The first-order chi connectivity index (χ1) is 7.86. The molecule has 0 aromatic heterocycles. The van der Waals surface area contributed by atoms with E-state index in [9.17, 15) is 0 Å². The summed E-state index contributed by atoms with van der Waals surface area (Å²) in [5.41, 5.74) is 6.31. The molecule has 0 bridgehead atoms. The molecule has 2 N–H and O–H groups in total. The van der Waals surface area contributed by atoms with Crippen LogP contribution >= 0.6 is 0 Å². The molecule has 0 radical (unpaired) electrons. The minimum Gasteiger partial charge on any atom is -0.375 e. The van der Waals surface area contributed by atoms with Crippen LogP contribution in [0.15, 0.2) is 0 Å². The highest BCUT2D eigenvalue weighted by molar-refractivity contribution is 4.96. The zero-order chi connectivity index (χ0) is 11.0. The number of fused-ring (bicyclic) bond motifs is 1. The molecule has 0 aromatic rings. The van der Waals surface area contributed by atoms with Gasteiger partial charge in [-0.15, -0.1) is 0 Å². The van der Waals surface area contributed by atoms with Crippen molar-refractivity contribution in [2.75, 3.05) is 13.2 Å². The first kappa shape index (κ1) is 11.0. The summed E-state index contributed by atoms with van der Waals surface area (Å²) in [5.74, 6) is 0. The average Bonchev–Trinajstić information content (AvgIpc) is 2.77. The molecule has 3 aliphatic rings. The quantitative estimate of drug-likeness (QED) is 0.734. The Morgan fingerprint density at radius 2 is 1.75 bits per heavy atom. The maximum absolute atomic E-state index is 6.31. The predicted molar refractivity (Wildman–Crippen MR) is 64.3 cm³/mol. The number of nitrogens with zero attached hydrogens (tertiary/aromatic N) is 1. The fourth-order valence-corrected chi connectivity index (χ4v) is 3.92. The Kier molecular flexibility index (Phi) is 3.18. The van der Waals surface area contributed by atoms with E-state index in [0.717, 1.165) is 13.2 Å². The van der Waals surface area contributed by atoms with Gasteiger partial charge in [0.25, 0.3) is 0 Å². The van der Waals surface area contributed by atoms with E-state index in [4.69, 9.17) is 10.5 Å². The van der Waals surface area contributed by atoms with Crippen LogP contribution < -0.4 is 5.73 Å². The van der Waals surface area contributed by atoms with E-state index < -0.39 is 0 Å². The predicted octanol–water partition coefficient (Wildman–Crippen LogP) is 1.51. The second kappa shape index (κ2) is 4.63. The van der Waals surface area contributed by atoms with E-state index in [1.54, 1.807) is 0 Å². The lowest BCUT2D eigenvalue weighted by Gasteiger charge is -2.46. The lowest BCUT2D eigenvalue weighted by molar-refractivity contribution is -0.0793. The Bertz CT molecular complexity index is 246. The summed E-state index contributed by atoms with van der Waals surface area (Å²) in [6.07, 6.45) is 9.68. The minimum atomic E-state index is 0.410. The molecule has 1 heterocycles. The van der Waals surface area contributed by atoms with Gasteiger partial charge in [-0.25, -0.2) is 0 Å². The Morgan fingerprint density at radius 3 is 2.62 bits per heavy atom. The highest BCUT2D eigenvalue weighted by Gasteiger charge is 2.41. The smallest absolute Gasteiger partial charge is 0.0731 e. The van der Waals surface area contributed by atoms with Crippen molar-refractivity contribution in [1.29, 1.82) is 0 Å². The van der Waals surface area contributed by atoms with Crippen LogP contribution in [0.2, 0.25) is 0 Å². The molecular formula is C13H24N2O. The first-order valence-electron chi connectivity index (χ1n) is 6.99. The van der Waals surface area contributed by atoms with Crippen molar-refractivity contribution in [3.8, 4) is 0 Å². The number of morpholine rings is 1. The molecule has 4 atom stereocenters. The molecule has 92 valence electrons. The number of ether oxygens (including phenoxy) is 1. The van der Waals surface area contributed by atoms with Gasteiger partial charge in [0.1, 0.15) is 0 Å². The van der Waals surface area contributed by atoms with Crippen LogP contribution in [0.5, 0.6) is 0 Å². The average molecular weight is 224 g/mol. The summed E-state index contributed by atoms with van der Waals surface area (Å²) in [4.78, 5) is 2.70. The molecule has 16 heavy (non-hydrogen) atoms. The van der Waals surface area contributed by atoms with Crippen molar-refractivity contribution in [1.82, 2.24) is 4.90 Å². The molecule has 1 aliphatic heterocycles. The van der Waals surface area contributed by atoms with Gasteiger partial charge in [-0.05, 0) is 32.1 Å². The zero-order valence-electron chi connectivity index (χ0n) is 10.1. The van der Waals surface area contributed by atoms with E-state index in [1.807, 2.05) is 0 Å². The molecular weight excluding hydrogens is 200 g/mol. The van der Waals surface area contributed by atoms with Crippen molar-refractivity contribution in [2.24, 2.45) is 5.73 Å². The summed E-state index contributed by atoms with van der Waals surface area (Å²) in [6, 6.07) is 1.74. The summed E-state index contributed by atoms with van der Waals surface area (Å²) in [5, 5.41) is 0. The monoisotopic (exact) mass is 224 g/mol. The highest BCUT2D eigenvalue weighted by Crippen LogP contribution is 2.34. The van der Waals surface area contributed by atoms with Crippen molar-refractivity contribution >= 4 is 0 Å². The molecule has 3 rings (SSSR count). The Balaban J connectivity index is 1.71. The van der Waals surface area contributed by atoms with Gasteiger partial charge in [0, 0.05) is 24.7 Å². The second-order valence-electron chi connectivity index (χ2n) is 5.66. The standard InChI is InChI=1S/C13H24N2O/c14-10-4-1-2-5-11(10)15-8-9-16-13-7-3-6-12(13)15/h10-13H,1-9,14H2. The summed E-state index contributed by atoms with van der Waals surface area (Å²) in [7, 11) is 0. The first-order valence-corrected chi connectivity index (χ1v) is 6.99. The summed E-state index contributed by atoms with van der Waals surface area (Å²) >= 11 is 0. The van der Waals surface area contributed by atoms with E-state index in [-0.39, 0.29) is 0 Å². The molecule has 3 nitrogen and oxygen atoms in total. The van der Waals surface area contributed by atoms with Gasteiger partial charge in [0.15, 0.2) is 0 Å². The molecule has 3 fully saturated rings. The van der Waals surface area contributed by atoms with Gasteiger partial charge < -0.3 is 10.5 Å². The van der Waals surface area contributed by atoms with E-state index in [2.05, 4.69) is 4.90 Å². The van der Waals surface area contributed by atoms with Gasteiger partial charge in [-0.3, -0.25) is 4.90 Å². The van der Waals surface area contributed by atoms with Gasteiger partial charge in [-0.1, -0.05) is 12.8 Å². The molecule has 2 aliphatic carbocycles. The SMILES string of the molecule is NC1CCCCC1N1CCOC2CCCC21. The van der Waals surface area contributed by atoms with Crippen LogP contribution in [0, 0.1) is 0 Å². The zero-order valence-corrected chi connectivity index (χ0v) is 10.1. The summed E-state index contributed by atoms with van der Waals surface area (Å²) < 4.78 is 5.88. The Hall–Kier alpha value is -0.120. The fraction of sp³-hybridized carbons (Fsp3) is 1.00. The molecule has 0 aromatic carbocycles. The lowest BCUT2D eigenvalue weighted by atomic mass is 9.88. The van der Waals surface area contributed by atoms with Crippen LogP contribution in [0.4, 0.5) is 0 Å². The van der Waals surface area contributed by atoms with Crippen LogP contribution in [0.1, 0.15) is 44.9 Å². The van der Waals surface area contributed by atoms with Crippen molar-refractivity contribution in [2.45, 2.75) is 69.2 Å². The van der Waals surface area contributed by atoms with Gasteiger partial charge in [0.05, 0.1) is 12.7 Å². The van der Waals surface area contributed by atoms with Crippen molar-refractivity contribution < 1.29 is 4.74 Å². The Morgan fingerprint density at radius 1 is 0.938 bits per heavy atom. The van der Waals surface area contributed by atoms with Crippen molar-refractivity contribution in [3.63, 3.8) is 0 Å². The third-order valence-corrected chi connectivity index (χ3v) is 4.73. The minimum absolute atomic E-state index is 0.410. The van der Waals surface area contributed by atoms with Crippen LogP contribution in [0.25, 0.3) is 0 Å². The van der Waals surface area contributed by atoms with Crippen LogP contribution in [0.3, 0.4) is 0 Å². The largest absolute Gasteiger partial charge is 0.375 e. The highest BCUT2D eigenvalue weighted by atomic mass is 16.5. The Labute approximate surface area is 98.3 Å². The van der Waals surface area contributed by atoms with E-state index in [1.165, 1.54) is 44.9 Å². The molecule has 0 amide bonds. The van der Waals surface area contributed by atoms with E-state index >= 15 is 0 Å². The lowest BCUT2D eigenvalue weighted by Crippen LogP contribution is -2.58. The number of hydrogen-bond acceptors (Lipinski definition) is 3. The van der Waals surface area contributed by atoms with Gasteiger partial charge >= 0.3 is 0 Å². The van der Waals surface area contributed by atoms with Crippen LogP contribution in [-0.2, 0) is 4.74 Å². The number of nitrogens with two attached hydrogens (primary N) is 1. The summed E-state index contributed by atoms with van der Waals surface area (Å²) in [6.45, 7) is 2.03. The molecule has 1 saturated heterocycles.